The van der Waals surface area contributed by atoms with Gasteiger partial charge in [-0.05, 0) is 55.6 Å². The summed E-state index contributed by atoms with van der Waals surface area (Å²) in [5.74, 6) is 0.187. The molecule has 1 saturated heterocycles. The Bertz CT molecular complexity index is 773. The van der Waals surface area contributed by atoms with Gasteiger partial charge in [-0.25, -0.2) is 4.79 Å². The number of hydrogen-bond acceptors (Lipinski definition) is 4. The van der Waals surface area contributed by atoms with Crippen molar-refractivity contribution in [2.24, 2.45) is 0 Å². The molecule has 0 unspecified atom stereocenters. The van der Waals surface area contributed by atoms with E-state index in [9.17, 15) is 9.59 Å². The van der Waals surface area contributed by atoms with E-state index in [2.05, 4.69) is 4.90 Å². The summed E-state index contributed by atoms with van der Waals surface area (Å²) >= 11 is 0. The van der Waals surface area contributed by atoms with Gasteiger partial charge in [0.15, 0.2) is 0 Å². The fourth-order valence-electron chi connectivity index (χ4n) is 3.67. The number of ketones is 1. The Morgan fingerprint density at radius 3 is 2.50 bits per heavy atom. The van der Waals surface area contributed by atoms with Crippen LogP contribution in [-0.4, -0.2) is 47.5 Å². The molecule has 28 heavy (non-hydrogen) atoms. The maximum atomic E-state index is 12.8. The summed E-state index contributed by atoms with van der Waals surface area (Å²) in [6.07, 6.45) is 4.23. The normalized spacial score (nSPS) is 17.2. The highest BCUT2D eigenvalue weighted by atomic mass is 16.5. The topological polar surface area (TPSA) is 66.8 Å². The fourth-order valence-corrected chi connectivity index (χ4v) is 3.67. The van der Waals surface area contributed by atoms with Gasteiger partial charge in [-0.2, -0.15) is 0 Å². The number of nitrogens with zero attached hydrogens (tertiary/aromatic N) is 1. The lowest BCUT2D eigenvalue weighted by Gasteiger charge is -2.34. The molecule has 2 aromatic rings. The number of aryl methyl sites for hydroxylation is 1. The number of carboxylic acids is 1. The third-order valence-electron chi connectivity index (χ3n) is 5.24. The molecule has 3 rings (SSSR count). The largest absolute Gasteiger partial charge is 0.492 e. The molecule has 5 heteroatoms. The van der Waals surface area contributed by atoms with Crippen LogP contribution in [0.5, 0.6) is 5.75 Å². The number of hydrogen-bond donors (Lipinski definition) is 1. The van der Waals surface area contributed by atoms with Gasteiger partial charge in [-0.3, -0.25) is 9.69 Å². The lowest BCUT2D eigenvalue weighted by Crippen LogP contribution is -2.46. The van der Waals surface area contributed by atoms with Gasteiger partial charge >= 0.3 is 5.97 Å². The first kappa shape index (κ1) is 20.1. The van der Waals surface area contributed by atoms with Crippen LogP contribution in [-0.2, 0) is 11.2 Å². The van der Waals surface area contributed by atoms with Crippen molar-refractivity contribution in [3.63, 3.8) is 0 Å². The molecule has 0 aromatic heterocycles. The molecular formula is C23H27NO4. The van der Waals surface area contributed by atoms with E-state index in [-0.39, 0.29) is 17.4 Å². The monoisotopic (exact) mass is 381 g/mol. The number of likely N-dealkylation sites (tertiary alicyclic amines) is 1. The van der Waals surface area contributed by atoms with Crippen LogP contribution in [0.1, 0.15) is 41.6 Å². The average molecular weight is 381 g/mol. The van der Waals surface area contributed by atoms with Crippen LogP contribution in [0.3, 0.4) is 0 Å². The van der Waals surface area contributed by atoms with E-state index in [4.69, 9.17) is 9.84 Å². The van der Waals surface area contributed by atoms with E-state index in [0.717, 1.165) is 43.7 Å². The zero-order valence-corrected chi connectivity index (χ0v) is 16.0. The van der Waals surface area contributed by atoms with Crippen LogP contribution in [0.25, 0.3) is 0 Å². The molecule has 2 aromatic carbocycles. The summed E-state index contributed by atoms with van der Waals surface area (Å²) in [7, 11) is 0. The molecule has 0 aliphatic carbocycles. The van der Waals surface area contributed by atoms with E-state index in [0.29, 0.717) is 19.4 Å². The highest BCUT2D eigenvalue weighted by molar-refractivity contribution is 5.87. The van der Waals surface area contributed by atoms with E-state index in [1.807, 2.05) is 30.3 Å². The first-order valence-electron chi connectivity index (χ1n) is 9.90. The third kappa shape index (κ3) is 5.67. The number of piperidine rings is 1. The number of Topliss-reactive ketones (excluding diaryl/α,β-unsaturated/α-hetero) is 1. The lowest BCUT2D eigenvalue weighted by molar-refractivity contribution is -0.125. The summed E-state index contributed by atoms with van der Waals surface area (Å²) in [5.41, 5.74) is 1.26. The molecule has 1 fully saturated rings. The summed E-state index contributed by atoms with van der Waals surface area (Å²) < 4.78 is 5.80. The quantitative estimate of drug-likeness (QED) is 0.715. The Balaban J connectivity index is 1.49. The Morgan fingerprint density at radius 1 is 1.04 bits per heavy atom. The van der Waals surface area contributed by atoms with Crippen molar-refractivity contribution < 1.29 is 19.4 Å². The van der Waals surface area contributed by atoms with E-state index >= 15 is 0 Å². The van der Waals surface area contributed by atoms with Crippen LogP contribution in [0.2, 0.25) is 0 Å². The average Bonchev–Trinajstić information content (AvgIpc) is 2.73. The van der Waals surface area contributed by atoms with Crippen molar-refractivity contribution >= 4 is 11.8 Å². The van der Waals surface area contributed by atoms with Gasteiger partial charge in [-0.15, -0.1) is 0 Å². The highest BCUT2D eigenvalue weighted by Gasteiger charge is 2.27. The maximum absolute atomic E-state index is 12.8. The van der Waals surface area contributed by atoms with Crippen LogP contribution in [0, 0.1) is 0 Å². The number of rotatable bonds is 9. The van der Waals surface area contributed by atoms with Gasteiger partial charge < -0.3 is 9.84 Å². The molecule has 0 saturated carbocycles. The lowest BCUT2D eigenvalue weighted by atomic mass is 9.94. The SMILES string of the molecule is O=C(O)c1ccc(CCC(=O)[C@H]2CCCCN2CCOc2ccccc2)cc1. The fraction of sp³-hybridized carbons (Fsp3) is 0.391. The van der Waals surface area contributed by atoms with Crippen molar-refractivity contribution in [2.45, 2.75) is 38.1 Å². The van der Waals surface area contributed by atoms with Gasteiger partial charge in [0.1, 0.15) is 18.1 Å². The molecule has 148 valence electrons. The molecule has 0 spiro atoms. The number of carbonyl (C=O) groups excluding carboxylic acids is 1. The second kappa shape index (κ2) is 10.0. The number of carboxylic acid groups (broad SMARTS) is 1. The minimum absolute atomic E-state index is 0.0357. The van der Waals surface area contributed by atoms with Gasteiger partial charge in [0.25, 0.3) is 0 Å². The van der Waals surface area contributed by atoms with E-state index < -0.39 is 5.97 Å². The summed E-state index contributed by atoms with van der Waals surface area (Å²) in [4.78, 5) is 26.0. The summed E-state index contributed by atoms with van der Waals surface area (Å²) in [6.45, 7) is 2.25. The number of ether oxygens (including phenoxy) is 1. The second-order valence-corrected chi connectivity index (χ2v) is 7.18. The molecule has 1 N–H and O–H groups in total. The Hall–Kier alpha value is -2.66. The Kier molecular flexibility index (Phi) is 7.20. The van der Waals surface area contributed by atoms with Crippen molar-refractivity contribution in [3.8, 4) is 5.75 Å². The number of carbonyl (C=O) groups is 2. The number of aromatic carboxylic acids is 1. The first-order chi connectivity index (χ1) is 13.6. The number of benzene rings is 2. The zero-order chi connectivity index (χ0) is 19.8. The smallest absolute Gasteiger partial charge is 0.335 e. The third-order valence-corrected chi connectivity index (χ3v) is 5.24. The molecule has 5 nitrogen and oxygen atoms in total. The van der Waals surface area contributed by atoms with Crippen LogP contribution >= 0.6 is 0 Å². The number of para-hydroxylation sites is 1. The molecular weight excluding hydrogens is 354 g/mol. The minimum Gasteiger partial charge on any atom is -0.492 e. The first-order valence-corrected chi connectivity index (χ1v) is 9.90. The molecule has 1 atom stereocenters. The van der Waals surface area contributed by atoms with Gasteiger partial charge in [0, 0.05) is 13.0 Å². The van der Waals surface area contributed by atoms with Gasteiger partial charge in [-0.1, -0.05) is 36.8 Å². The summed E-state index contributed by atoms with van der Waals surface area (Å²) in [6, 6.07) is 16.5. The van der Waals surface area contributed by atoms with Gasteiger partial charge in [0.2, 0.25) is 0 Å². The molecule has 0 amide bonds. The van der Waals surface area contributed by atoms with E-state index in [1.54, 1.807) is 24.3 Å². The molecule has 1 aliphatic rings. The predicted molar refractivity (Wildman–Crippen MR) is 108 cm³/mol. The Morgan fingerprint density at radius 2 is 1.79 bits per heavy atom. The maximum Gasteiger partial charge on any atom is 0.335 e. The van der Waals surface area contributed by atoms with Crippen molar-refractivity contribution in [1.82, 2.24) is 4.90 Å². The zero-order valence-electron chi connectivity index (χ0n) is 16.0. The van der Waals surface area contributed by atoms with Crippen LogP contribution < -0.4 is 4.74 Å². The molecule has 0 radical (unpaired) electrons. The minimum atomic E-state index is -0.932. The molecule has 1 aliphatic heterocycles. The second-order valence-electron chi connectivity index (χ2n) is 7.18. The predicted octanol–water partition coefficient (Wildman–Crippen LogP) is 3.82. The molecule has 0 bridgehead atoms. The van der Waals surface area contributed by atoms with E-state index in [1.165, 1.54) is 0 Å². The van der Waals surface area contributed by atoms with Crippen LogP contribution in [0.4, 0.5) is 0 Å². The van der Waals surface area contributed by atoms with Crippen molar-refractivity contribution in [3.05, 3.63) is 65.7 Å². The van der Waals surface area contributed by atoms with Crippen LogP contribution in [0.15, 0.2) is 54.6 Å². The summed E-state index contributed by atoms with van der Waals surface area (Å²) in [5, 5.41) is 8.97. The van der Waals surface area contributed by atoms with Crippen molar-refractivity contribution in [1.29, 1.82) is 0 Å². The molecule has 1 heterocycles. The van der Waals surface area contributed by atoms with Gasteiger partial charge in [0.05, 0.1) is 11.6 Å². The Labute approximate surface area is 165 Å². The standard InChI is InChI=1S/C23H27NO4/c25-22(14-11-18-9-12-19(13-10-18)23(26)27)21-8-4-5-15-24(21)16-17-28-20-6-2-1-3-7-20/h1-3,6-7,9-10,12-13,21H,4-5,8,11,14-17H2,(H,26,27)/t21-/m1/s1. The van der Waals surface area contributed by atoms with Crippen molar-refractivity contribution in [2.75, 3.05) is 19.7 Å². The highest BCUT2D eigenvalue weighted by Crippen LogP contribution is 2.20.